The third-order valence-corrected chi connectivity index (χ3v) is 24.8. The number of phosphoric ester groups is 2. The summed E-state index contributed by atoms with van der Waals surface area (Å²) in [7, 11) is -4.57. The molecule has 0 amide bonds. The Morgan fingerprint density at radius 1 is 0.426 bits per heavy atom. The summed E-state index contributed by atoms with van der Waals surface area (Å²) < 4.78 is 201. The van der Waals surface area contributed by atoms with E-state index in [1.807, 2.05) is 0 Å². The fourth-order valence-corrected chi connectivity index (χ4v) is 18.5. The lowest BCUT2D eigenvalue weighted by molar-refractivity contribution is -0.0848. The van der Waals surface area contributed by atoms with Crippen LogP contribution in [0.25, 0.3) is 11.2 Å². The first-order valence-electron chi connectivity index (χ1n) is 37.3. The number of H-pyrrole nitrogens is 3. The molecule has 13 unspecified atom stereocenters. The smallest absolute Gasteiger partial charge is 0.387 e. The van der Waals surface area contributed by atoms with Crippen LogP contribution in [0.3, 0.4) is 0 Å². The van der Waals surface area contributed by atoms with Gasteiger partial charge >= 0.3 is 52.0 Å². The highest BCUT2D eigenvalue weighted by molar-refractivity contribution is 8.44. The van der Waals surface area contributed by atoms with Crippen LogP contribution < -0.4 is 50.9 Å². The highest BCUT2D eigenvalue weighted by Crippen LogP contribution is 2.61. The van der Waals surface area contributed by atoms with Gasteiger partial charge in [0.25, 0.3) is 16.7 Å². The number of aliphatic hydroxyl groups excluding tert-OH is 1. The zero-order valence-corrected chi connectivity index (χ0v) is 72.4. The Kier molecular flexibility index (Phi) is 33.2. The molecule has 57 heteroatoms. The summed E-state index contributed by atoms with van der Waals surface area (Å²) in [5, 5.41) is 11.7. The number of imidazole rings is 1. The second-order valence-corrected chi connectivity index (χ2v) is 36.5. The van der Waals surface area contributed by atoms with E-state index in [0.29, 0.717) is 5.56 Å². The third kappa shape index (κ3) is 23.1. The van der Waals surface area contributed by atoms with Crippen LogP contribution in [0, 0.1) is 27.7 Å². The Morgan fingerprint density at radius 2 is 0.770 bits per heavy atom. The molecule has 5 saturated heterocycles. The molecule has 0 spiro atoms. The van der Waals surface area contributed by atoms with E-state index in [1.54, 1.807) is 6.92 Å². The molecule has 11 rings (SSSR count). The molecule has 0 bridgehead atoms. The normalized spacial score (nSPS) is 29.4. The zero-order valence-electron chi connectivity index (χ0n) is 67.0. The summed E-state index contributed by atoms with van der Waals surface area (Å²) in [5.41, 5.74) is 6.25. The molecule has 0 aromatic carbocycles. The van der Waals surface area contributed by atoms with Gasteiger partial charge in [-0.05, 0) is 34.6 Å². The van der Waals surface area contributed by atoms with Crippen LogP contribution in [-0.4, -0.2) is 292 Å². The average Bonchev–Trinajstić information content (AvgIpc) is 1.43. The maximum atomic E-state index is 15.4. The van der Waals surface area contributed by atoms with Gasteiger partial charge in [-0.3, -0.25) is 88.4 Å². The molecule has 122 heavy (non-hydrogen) atoms. The minimum absolute atomic E-state index is 0.00415. The third-order valence-electron chi connectivity index (χ3n) is 19.6. The summed E-state index contributed by atoms with van der Waals surface area (Å²) in [6, 6.07) is 0. The van der Waals surface area contributed by atoms with Gasteiger partial charge in [-0.1, -0.05) is 24.5 Å². The fraction of sp³-hybridized carbons (Fsp3) is 0.677. The summed E-state index contributed by atoms with van der Waals surface area (Å²) in [6.07, 6.45) is -25.5. The molecule has 680 valence electrons. The Hall–Kier alpha value is -6.35. The molecular weight excluding hydrogens is 1760 g/mol. The molecule has 0 saturated carbocycles. The van der Waals surface area contributed by atoms with Gasteiger partial charge in [0.2, 0.25) is 0 Å². The van der Waals surface area contributed by atoms with Crippen molar-refractivity contribution in [1.82, 2.24) is 57.7 Å². The number of thiol groups is 2. The highest BCUT2D eigenvalue weighted by atomic mass is 32.7. The van der Waals surface area contributed by atoms with Crippen molar-refractivity contribution in [2.75, 3.05) is 140 Å². The Morgan fingerprint density at radius 3 is 1.20 bits per heavy atom. The number of aryl methyl sites for hydroxylation is 4. The standard InChI is InChI=1S/C65H96N14O37P4S2/c1-31-21-75(62(84)71-51(31)66)57-46(99-16-11-94-6)41(80)36(109-57)25-106-119(92,121)116-45-39(111-60(49(45)102-19-14-97-9)78-24-34(4)56(83)74-65(78)87)28-107-120(93,122)115-44-38(112-61(50(44)103-20-15-98-10)79-30-70-40-52(67)68-29-69-53(40)79)27-105-118(90,91)114-43-37(110-59(48(43)101-18-13-96-8)77-23-33(3)55(82)73-64(77)86)26-104-117(88,89)113-42-35(5)108-58(47(42)100-17-12-95-7)76-22-32(2)54(81)72-63(76)85/h21-24,29-30,35-39,41-50,57-61,80H,11-20,25-28H2,1-10H3,(H,88,89)(H,90,91)(H,92,121)(H,93,122)(H2,66,71,84)(H2,67,68,69)(H,72,81,85)(H,73,82,86)(H,74,83,87)/t35-,36-,37-,38-,39-,41?,42?,43?,44?,45?,46+,47+,48+,49+,50+,57-,58?,59?,60?,61?,119?,120?/m1/s1. The molecule has 6 aromatic heterocycles. The van der Waals surface area contributed by atoms with E-state index in [1.165, 1.54) is 86.5 Å². The quantitative estimate of drug-likeness (QED) is 0.0125. The number of nitrogens with one attached hydrogen (secondary N) is 3. The second-order valence-electron chi connectivity index (χ2n) is 28.0. The molecular formula is C65H96N14O37P4S2. The number of aromatic nitrogens is 12. The molecule has 24 atom stereocenters. The van der Waals surface area contributed by atoms with Gasteiger partial charge in [0.05, 0.1) is 105 Å². The Labute approximate surface area is 701 Å². The average molecular weight is 1850 g/mol. The number of fused-ring (bicyclic) bond motifs is 1. The zero-order chi connectivity index (χ0) is 88.4. The maximum absolute atomic E-state index is 15.4. The first kappa shape index (κ1) is 96.3. The Bertz CT molecular complexity index is 5240. The molecule has 5 fully saturated rings. The van der Waals surface area contributed by atoms with Crippen molar-refractivity contribution in [3.63, 3.8) is 0 Å². The molecule has 10 N–H and O–H groups in total. The van der Waals surface area contributed by atoms with Crippen molar-refractivity contribution < 1.29 is 140 Å². The van der Waals surface area contributed by atoms with Crippen molar-refractivity contribution in [1.29, 1.82) is 0 Å². The van der Waals surface area contributed by atoms with Crippen molar-refractivity contribution in [2.24, 2.45) is 0 Å². The highest BCUT2D eigenvalue weighted by Gasteiger charge is 2.58. The van der Waals surface area contributed by atoms with Crippen LogP contribution in [0.2, 0.25) is 0 Å². The van der Waals surface area contributed by atoms with E-state index in [-0.39, 0.29) is 106 Å². The van der Waals surface area contributed by atoms with Crippen LogP contribution in [-0.2, 0) is 126 Å². The van der Waals surface area contributed by atoms with E-state index < -0.39 is 218 Å². The minimum atomic E-state index is -5.82. The van der Waals surface area contributed by atoms with Gasteiger partial charge in [0, 0.05) is 82.6 Å². The van der Waals surface area contributed by atoms with Crippen LogP contribution >= 0.6 is 53.7 Å². The number of phosphoric acid groups is 2. The van der Waals surface area contributed by atoms with Crippen LogP contribution in [0.4, 0.5) is 11.6 Å². The van der Waals surface area contributed by atoms with Gasteiger partial charge in [-0.2, -0.15) is 4.98 Å². The van der Waals surface area contributed by atoms with Gasteiger partial charge < -0.3 is 97.4 Å². The fourth-order valence-electron chi connectivity index (χ4n) is 13.6. The molecule has 0 aliphatic carbocycles. The SMILES string of the molecule is COCCO[C@H]1C(OP(=O)(O)OC[C@H]2OC(n3cc(C)c(=O)[nH]c3=O)[C@@H](OCCOC)C2OP(=O)(O)OC[C@H]2OC(n3cnc4c(N)ncnc43)[C@@H](OCCOC)C2OP(=O)(S)OC[C@H]2OC(n3cc(C)c(=O)[nH]c3=O)[C@@H](OCCOC)C2OP(=O)(S)OC[C@H]2O[C@@H](n3cc(C)c(N)nc3=O)[C@@H](OCCOC)C2O)[C@@H](C)OC1n1cc(C)c(=O)[nH]c1=O. The number of nitrogens with two attached hydrogens (primary N) is 2. The number of nitrogen functional groups attached to an aromatic ring is 2. The van der Waals surface area contributed by atoms with E-state index >= 15 is 9.13 Å². The summed E-state index contributed by atoms with van der Waals surface area (Å²) >= 11 is 8.72. The number of ether oxygens (including phenoxy) is 15. The number of methoxy groups -OCH3 is 5. The van der Waals surface area contributed by atoms with Crippen molar-refractivity contribution in [3.8, 4) is 0 Å². The van der Waals surface area contributed by atoms with E-state index in [4.69, 9.17) is 119 Å². The molecule has 5 aliphatic heterocycles. The van der Waals surface area contributed by atoms with Crippen molar-refractivity contribution in [3.05, 3.63) is 133 Å². The number of hydrogen-bond donors (Lipinski definition) is 10. The number of nitrogens with zero attached hydrogens (tertiary/aromatic N) is 9. The lowest BCUT2D eigenvalue weighted by atomic mass is 10.1. The topological polar surface area (TPSA) is 636 Å². The van der Waals surface area contributed by atoms with Gasteiger partial charge in [0.1, 0.15) is 103 Å². The predicted molar refractivity (Wildman–Crippen MR) is 421 cm³/mol. The van der Waals surface area contributed by atoms with Gasteiger partial charge in [-0.15, -0.1) is 0 Å². The molecule has 5 aliphatic rings. The van der Waals surface area contributed by atoms with Crippen LogP contribution in [0.15, 0.2) is 71.0 Å². The minimum Gasteiger partial charge on any atom is -0.387 e. The first-order valence-corrected chi connectivity index (χ1v) is 45.7. The van der Waals surface area contributed by atoms with Crippen LogP contribution in [0.5, 0.6) is 0 Å². The van der Waals surface area contributed by atoms with E-state index in [9.17, 15) is 57.6 Å². The van der Waals surface area contributed by atoms with E-state index in [2.05, 4.69) is 59.4 Å². The molecule has 51 nitrogen and oxygen atoms in total. The number of aliphatic hydroxyl groups is 1. The molecule has 6 aromatic rings. The lowest BCUT2D eigenvalue weighted by Crippen LogP contribution is -2.42. The molecule has 0 radical (unpaired) electrons. The maximum Gasteiger partial charge on any atom is 0.472 e. The summed E-state index contributed by atoms with van der Waals surface area (Å²) in [6.45, 7) is -8.79. The molecule has 11 heterocycles. The summed E-state index contributed by atoms with van der Waals surface area (Å²) in [4.78, 5) is 139. The van der Waals surface area contributed by atoms with Crippen molar-refractivity contribution in [2.45, 2.75) is 157 Å². The van der Waals surface area contributed by atoms with Crippen LogP contribution in [0.1, 0.15) is 60.3 Å². The number of hydrogen-bond acceptors (Lipinski definition) is 41. The Balaban J connectivity index is 0.895. The number of anilines is 2. The van der Waals surface area contributed by atoms with Crippen molar-refractivity contribution >= 4 is 76.5 Å². The lowest BCUT2D eigenvalue weighted by Gasteiger charge is -2.29. The van der Waals surface area contributed by atoms with E-state index in [0.717, 1.165) is 37.0 Å². The largest absolute Gasteiger partial charge is 0.472 e. The first-order chi connectivity index (χ1) is 57.9. The van der Waals surface area contributed by atoms with Gasteiger partial charge in [-0.25, -0.2) is 52.4 Å². The number of aromatic amines is 3. The predicted octanol–water partition coefficient (Wildman–Crippen LogP) is -0.959. The number of rotatable bonds is 45. The monoisotopic (exact) mass is 1850 g/mol. The van der Waals surface area contributed by atoms with Gasteiger partial charge in [0.15, 0.2) is 42.6 Å². The second kappa shape index (κ2) is 42.1. The summed E-state index contributed by atoms with van der Waals surface area (Å²) in [5.74, 6) is -0.187.